The molecule has 0 heterocycles. The van der Waals surface area contributed by atoms with E-state index in [1.54, 1.807) is 0 Å². The molecule has 2 aromatic carbocycles. The van der Waals surface area contributed by atoms with Crippen LogP contribution in [-0.4, -0.2) is 18.1 Å². The molecule has 0 fully saturated rings. The zero-order valence-corrected chi connectivity index (χ0v) is 12.7. The van der Waals surface area contributed by atoms with Gasteiger partial charge in [-0.15, -0.1) is 0 Å². The lowest BCUT2D eigenvalue weighted by atomic mass is 9.82. The normalized spacial score (nSPS) is 14.8. The number of Topliss-reactive ketones (excluding diaryl/α,β-unsaturated/α-hetero) is 1. The molecule has 140 valence electrons. The van der Waals surface area contributed by atoms with Gasteiger partial charge in [0, 0.05) is 11.1 Å². The van der Waals surface area contributed by atoms with Gasteiger partial charge in [0.25, 0.3) is 0 Å². The third-order valence-electron chi connectivity index (χ3n) is 3.66. The summed E-state index contributed by atoms with van der Waals surface area (Å²) >= 11 is 0. The van der Waals surface area contributed by atoms with Crippen molar-refractivity contribution in [2.45, 2.75) is 24.2 Å². The first kappa shape index (κ1) is 19.9. The van der Waals surface area contributed by atoms with Crippen LogP contribution in [0.3, 0.4) is 0 Å². The van der Waals surface area contributed by atoms with Crippen molar-refractivity contribution in [1.29, 1.82) is 0 Å². The Kier molecular flexibility index (Phi) is 5.39. The van der Waals surface area contributed by atoms with Crippen molar-refractivity contribution >= 4 is 5.78 Å². The van der Waals surface area contributed by atoms with Crippen LogP contribution in [0, 0.1) is 11.6 Å². The fourth-order valence-electron chi connectivity index (χ4n) is 2.57. The van der Waals surface area contributed by atoms with Gasteiger partial charge in [-0.05, 0) is 12.1 Å². The molecular formula is C17H10F8O. The Hall–Kier alpha value is -2.45. The standard InChI is InChI=1S/C17H10F8O/c18-11-7-3-1-5-9(11)13(16(20,21)22)15(26)14(17(23,24)25)10-6-2-4-8-12(10)19/h1-8,13-14H. The van der Waals surface area contributed by atoms with Gasteiger partial charge in [0.2, 0.25) is 0 Å². The highest BCUT2D eigenvalue weighted by Crippen LogP contribution is 2.45. The fourth-order valence-corrected chi connectivity index (χ4v) is 2.57. The first-order valence-corrected chi connectivity index (χ1v) is 7.10. The molecule has 0 radical (unpaired) electrons. The van der Waals surface area contributed by atoms with Gasteiger partial charge >= 0.3 is 12.4 Å². The monoisotopic (exact) mass is 382 g/mol. The second kappa shape index (κ2) is 7.05. The van der Waals surface area contributed by atoms with Crippen molar-refractivity contribution in [3.05, 3.63) is 71.3 Å². The largest absolute Gasteiger partial charge is 0.402 e. The second-order valence-corrected chi connectivity index (χ2v) is 5.39. The van der Waals surface area contributed by atoms with Crippen LogP contribution >= 0.6 is 0 Å². The molecule has 0 amide bonds. The smallest absolute Gasteiger partial charge is 0.298 e. The summed E-state index contributed by atoms with van der Waals surface area (Å²) in [4.78, 5) is 12.3. The molecule has 0 saturated carbocycles. The molecule has 2 rings (SSSR count). The zero-order valence-electron chi connectivity index (χ0n) is 12.7. The Morgan fingerprint density at radius 2 is 0.962 bits per heavy atom. The molecule has 0 aliphatic carbocycles. The topological polar surface area (TPSA) is 17.1 Å². The van der Waals surface area contributed by atoms with Gasteiger partial charge in [-0.25, -0.2) is 8.78 Å². The number of carbonyl (C=O) groups excluding carboxylic acids is 1. The summed E-state index contributed by atoms with van der Waals surface area (Å²) in [7, 11) is 0. The third-order valence-corrected chi connectivity index (χ3v) is 3.66. The lowest BCUT2D eigenvalue weighted by Gasteiger charge is -2.27. The Labute approximate surface area is 142 Å². The van der Waals surface area contributed by atoms with Crippen molar-refractivity contribution < 1.29 is 39.9 Å². The van der Waals surface area contributed by atoms with Gasteiger partial charge in [0.15, 0.2) is 5.78 Å². The van der Waals surface area contributed by atoms with E-state index in [-0.39, 0.29) is 0 Å². The molecule has 2 aromatic rings. The highest BCUT2D eigenvalue weighted by atomic mass is 19.4. The minimum Gasteiger partial charge on any atom is -0.298 e. The number of alkyl halides is 6. The summed E-state index contributed by atoms with van der Waals surface area (Å²) in [6, 6.07) is 6.27. The summed E-state index contributed by atoms with van der Waals surface area (Å²) in [6.45, 7) is 0. The fraction of sp³-hybridized carbons (Fsp3) is 0.235. The van der Waals surface area contributed by atoms with Crippen molar-refractivity contribution in [3.8, 4) is 0 Å². The first-order chi connectivity index (χ1) is 11.9. The molecule has 0 spiro atoms. The van der Waals surface area contributed by atoms with Crippen LogP contribution in [-0.2, 0) is 4.79 Å². The lowest BCUT2D eigenvalue weighted by Crippen LogP contribution is -2.39. The number of ketones is 1. The summed E-state index contributed by atoms with van der Waals surface area (Å²) in [5, 5.41) is 0. The molecular weight excluding hydrogens is 372 g/mol. The molecule has 0 saturated heterocycles. The minimum absolute atomic E-state index is 0.570. The molecule has 2 unspecified atom stereocenters. The Balaban J connectivity index is 2.65. The van der Waals surface area contributed by atoms with E-state index < -0.39 is 52.7 Å². The van der Waals surface area contributed by atoms with E-state index in [1.165, 1.54) is 0 Å². The van der Waals surface area contributed by atoms with Gasteiger partial charge in [0.1, 0.15) is 23.5 Å². The average molecular weight is 382 g/mol. The quantitative estimate of drug-likeness (QED) is 0.636. The van der Waals surface area contributed by atoms with E-state index in [9.17, 15) is 39.9 Å². The van der Waals surface area contributed by atoms with Gasteiger partial charge in [0.05, 0.1) is 0 Å². The number of rotatable bonds is 4. The van der Waals surface area contributed by atoms with Crippen molar-refractivity contribution in [2.75, 3.05) is 0 Å². The molecule has 0 N–H and O–H groups in total. The summed E-state index contributed by atoms with van der Waals surface area (Å²) < 4.78 is 108. The van der Waals surface area contributed by atoms with Gasteiger partial charge < -0.3 is 0 Å². The number of benzene rings is 2. The molecule has 0 aliphatic heterocycles. The number of carbonyl (C=O) groups is 1. The van der Waals surface area contributed by atoms with Crippen LogP contribution in [0.15, 0.2) is 48.5 Å². The predicted molar refractivity (Wildman–Crippen MR) is 75.4 cm³/mol. The van der Waals surface area contributed by atoms with E-state index in [2.05, 4.69) is 0 Å². The maximum Gasteiger partial charge on any atom is 0.402 e. The molecule has 26 heavy (non-hydrogen) atoms. The second-order valence-electron chi connectivity index (χ2n) is 5.39. The van der Waals surface area contributed by atoms with Gasteiger partial charge in [-0.3, -0.25) is 4.79 Å². The molecule has 0 bridgehead atoms. The van der Waals surface area contributed by atoms with E-state index in [4.69, 9.17) is 0 Å². The third kappa shape index (κ3) is 4.03. The highest BCUT2D eigenvalue weighted by Gasteiger charge is 2.56. The van der Waals surface area contributed by atoms with E-state index in [0.717, 1.165) is 24.3 Å². The molecule has 2 atom stereocenters. The van der Waals surface area contributed by atoms with Crippen LogP contribution < -0.4 is 0 Å². The van der Waals surface area contributed by atoms with Gasteiger partial charge in [-0.1, -0.05) is 36.4 Å². The highest BCUT2D eigenvalue weighted by molar-refractivity contribution is 5.93. The molecule has 0 aromatic heterocycles. The van der Waals surface area contributed by atoms with Crippen LogP contribution in [0.25, 0.3) is 0 Å². The van der Waals surface area contributed by atoms with Crippen molar-refractivity contribution in [2.24, 2.45) is 0 Å². The average Bonchev–Trinajstić information content (AvgIpc) is 2.49. The number of halogens is 8. The summed E-state index contributed by atoms with van der Waals surface area (Å²) in [5.41, 5.74) is -2.51. The Morgan fingerprint density at radius 3 is 1.23 bits per heavy atom. The molecule has 1 nitrogen and oxygen atoms in total. The Bertz CT molecular complexity index is 728. The van der Waals surface area contributed by atoms with Crippen LogP contribution in [0.1, 0.15) is 23.0 Å². The van der Waals surface area contributed by atoms with E-state index in [0.29, 0.717) is 24.3 Å². The summed E-state index contributed by atoms with van der Waals surface area (Å²) in [5.74, 6) is -12.2. The SMILES string of the molecule is O=C(C(c1ccccc1F)C(F)(F)F)C(c1ccccc1F)C(F)(F)F. The Morgan fingerprint density at radius 1 is 0.654 bits per heavy atom. The van der Waals surface area contributed by atoms with E-state index in [1.807, 2.05) is 0 Å². The minimum atomic E-state index is -5.51. The molecule has 9 heteroatoms. The van der Waals surface area contributed by atoms with Crippen molar-refractivity contribution in [3.63, 3.8) is 0 Å². The predicted octanol–water partition coefficient (Wildman–Crippen LogP) is 5.53. The van der Waals surface area contributed by atoms with Crippen LogP contribution in [0.4, 0.5) is 35.1 Å². The zero-order chi connectivity index (χ0) is 19.7. The maximum absolute atomic E-state index is 13.8. The molecule has 0 aliphatic rings. The maximum atomic E-state index is 13.8. The van der Waals surface area contributed by atoms with Crippen LogP contribution in [0.5, 0.6) is 0 Å². The van der Waals surface area contributed by atoms with Gasteiger partial charge in [-0.2, -0.15) is 26.3 Å². The summed E-state index contributed by atoms with van der Waals surface area (Å²) in [6.07, 6.45) is -11.0. The van der Waals surface area contributed by atoms with Crippen molar-refractivity contribution in [1.82, 2.24) is 0 Å². The lowest BCUT2D eigenvalue weighted by molar-refractivity contribution is -0.184. The number of hydrogen-bond donors (Lipinski definition) is 0. The van der Waals surface area contributed by atoms with Crippen LogP contribution in [0.2, 0.25) is 0 Å². The van der Waals surface area contributed by atoms with E-state index >= 15 is 0 Å². The first-order valence-electron chi connectivity index (χ1n) is 7.10. The number of hydrogen-bond acceptors (Lipinski definition) is 1.